The van der Waals surface area contributed by atoms with E-state index in [4.69, 9.17) is 9.72 Å². The van der Waals surface area contributed by atoms with Gasteiger partial charge in [0, 0.05) is 48.1 Å². The second-order valence-corrected chi connectivity index (χ2v) is 12.1. The number of thiazole rings is 1. The molecule has 6 nitrogen and oxygen atoms in total. The van der Waals surface area contributed by atoms with Crippen molar-refractivity contribution in [3.63, 3.8) is 0 Å². The highest BCUT2D eigenvalue weighted by Crippen LogP contribution is 2.33. The molecule has 0 bridgehead atoms. The van der Waals surface area contributed by atoms with Gasteiger partial charge in [0.25, 0.3) is 0 Å². The highest BCUT2D eigenvalue weighted by atomic mass is 32.2. The average Bonchev–Trinajstić information content (AvgIpc) is 3.47. The maximum Gasteiger partial charge on any atom is 0.150 e. The number of hydrogen-bond acceptors (Lipinski definition) is 8. The zero-order valence-electron chi connectivity index (χ0n) is 22.8. The Labute approximate surface area is 238 Å². The molecule has 1 saturated heterocycles. The van der Waals surface area contributed by atoms with Crippen molar-refractivity contribution in [3.05, 3.63) is 93.7 Å². The van der Waals surface area contributed by atoms with Crippen LogP contribution in [0.15, 0.2) is 70.5 Å². The average molecular weight is 564 g/mol. The minimum absolute atomic E-state index is 0.171. The topological polar surface area (TPSA) is 53.5 Å². The standard InChI is InChI=1S/C30H34FN5OS2/c1-21-27(32-16-25-23(6-5-7-26(25)31)18-35-15-14-30(35,2)3)12-13-29(34-21)39-36(28-19-38-20-33-28)17-22-8-10-24(37-4)11-9-22/h5-13,19-20,32H,14-18H2,1-4H3. The second kappa shape index (κ2) is 11.9. The van der Waals surface area contributed by atoms with Crippen LogP contribution in [0.25, 0.3) is 0 Å². The summed E-state index contributed by atoms with van der Waals surface area (Å²) in [5.74, 6) is 1.55. The maximum absolute atomic E-state index is 14.9. The van der Waals surface area contributed by atoms with Crippen molar-refractivity contribution in [1.29, 1.82) is 0 Å². The number of nitrogens with one attached hydrogen (secondary N) is 1. The van der Waals surface area contributed by atoms with Crippen LogP contribution in [-0.2, 0) is 19.6 Å². The molecular weight excluding hydrogens is 529 g/mol. The zero-order valence-corrected chi connectivity index (χ0v) is 24.4. The summed E-state index contributed by atoms with van der Waals surface area (Å²) in [5, 5.41) is 6.33. The fourth-order valence-corrected chi connectivity index (χ4v) is 6.17. The van der Waals surface area contributed by atoms with E-state index in [1.165, 1.54) is 6.42 Å². The lowest BCUT2D eigenvalue weighted by molar-refractivity contribution is 0.00766. The summed E-state index contributed by atoms with van der Waals surface area (Å²) in [6.07, 6.45) is 1.17. The van der Waals surface area contributed by atoms with Crippen LogP contribution in [0.5, 0.6) is 5.75 Å². The summed E-state index contributed by atoms with van der Waals surface area (Å²) < 4.78 is 22.3. The van der Waals surface area contributed by atoms with E-state index in [-0.39, 0.29) is 11.4 Å². The smallest absolute Gasteiger partial charge is 0.150 e. The van der Waals surface area contributed by atoms with Gasteiger partial charge in [-0.1, -0.05) is 24.3 Å². The fraction of sp³-hybridized carbons (Fsp3) is 0.333. The Morgan fingerprint density at radius 1 is 1.15 bits per heavy atom. The summed E-state index contributed by atoms with van der Waals surface area (Å²) in [6, 6.07) is 17.5. The van der Waals surface area contributed by atoms with Gasteiger partial charge < -0.3 is 10.1 Å². The van der Waals surface area contributed by atoms with E-state index >= 15 is 0 Å². The van der Waals surface area contributed by atoms with Crippen LogP contribution in [0.3, 0.4) is 0 Å². The molecule has 204 valence electrons. The molecule has 1 aliphatic rings. The molecule has 0 spiro atoms. The number of ether oxygens (including phenoxy) is 1. The molecule has 2 aromatic heterocycles. The monoisotopic (exact) mass is 563 g/mol. The molecule has 0 aliphatic carbocycles. The Hall–Kier alpha value is -3.14. The van der Waals surface area contributed by atoms with Crippen molar-refractivity contribution in [3.8, 4) is 5.75 Å². The van der Waals surface area contributed by atoms with Crippen molar-refractivity contribution in [2.75, 3.05) is 23.3 Å². The Kier molecular flexibility index (Phi) is 8.40. The molecule has 0 amide bonds. The Balaban J connectivity index is 1.27. The predicted octanol–water partition coefficient (Wildman–Crippen LogP) is 7.30. The number of aryl methyl sites for hydroxylation is 1. The van der Waals surface area contributed by atoms with E-state index in [2.05, 4.69) is 45.5 Å². The third-order valence-corrected chi connectivity index (χ3v) is 8.83. The summed E-state index contributed by atoms with van der Waals surface area (Å²) in [6.45, 7) is 9.36. The van der Waals surface area contributed by atoms with Gasteiger partial charge in [0.2, 0.25) is 0 Å². The molecule has 1 aliphatic heterocycles. The van der Waals surface area contributed by atoms with E-state index in [0.29, 0.717) is 18.7 Å². The maximum atomic E-state index is 14.9. The van der Waals surface area contributed by atoms with Gasteiger partial charge in [-0.2, -0.15) is 0 Å². The van der Waals surface area contributed by atoms with Crippen LogP contribution in [0.4, 0.5) is 15.9 Å². The molecule has 9 heteroatoms. The SMILES string of the molecule is COc1ccc(CN(Sc2ccc(NCc3c(F)cccc3CN3CCC3(C)C)c(C)n2)c2cscn2)cc1. The molecule has 4 aromatic rings. The number of rotatable bonds is 11. The first-order chi connectivity index (χ1) is 18.8. The Morgan fingerprint density at radius 3 is 2.62 bits per heavy atom. The van der Waals surface area contributed by atoms with Crippen molar-refractivity contribution in [2.45, 2.75) is 57.4 Å². The van der Waals surface area contributed by atoms with E-state index < -0.39 is 0 Å². The van der Waals surface area contributed by atoms with Crippen LogP contribution >= 0.6 is 23.3 Å². The van der Waals surface area contributed by atoms with Crippen molar-refractivity contribution in [2.24, 2.45) is 0 Å². The molecule has 1 N–H and O–H groups in total. The van der Waals surface area contributed by atoms with Gasteiger partial charge >= 0.3 is 0 Å². The van der Waals surface area contributed by atoms with Gasteiger partial charge in [-0.05, 0) is 68.7 Å². The van der Waals surface area contributed by atoms with Crippen LogP contribution in [-0.4, -0.2) is 34.1 Å². The largest absolute Gasteiger partial charge is 0.497 e. The van der Waals surface area contributed by atoms with Gasteiger partial charge in [-0.25, -0.2) is 14.4 Å². The third-order valence-electron chi connectivity index (χ3n) is 7.31. The minimum atomic E-state index is -0.173. The Bertz CT molecular complexity index is 1400. The molecule has 0 radical (unpaired) electrons. The van der Waals surface area contributed by atoms with Crippen LogP contribution in [0, 0.1) is 12.7 Å². The number of aromatic nitrogens is 2. The minimum Gasteiger partial charge on any atom is -0.497 e. The number of methoxy groups -OCH3 is 1. The van der Waals surface area contributed by atoms with Crippen LogP contribution in [0.2, 0.25) is 0 Å². The van der Waals surface area contributed by atoms with E-state index in [1.807, 2.05) is 48.1 Å². The Morgan fingerprint density at radius 2 is 1.97 bits per heavy atom. The van der Waals surface area contributed by atoms with Gasteiger partial charge in [0.05, 0.1) is 30.5 Å². The molecule has 0 atom stereocenters. The lowest BCUT2D eigenvalue weighted by Crippen LogP contribution is -2.55. The summed E-state index contributed by atoms with van der Waals surface area (Å²) >= 11 is 3.12. The number of anilines is 2. The first-order valence-electron chi connectivity index (χ1n) is 13.0. The quantitative estimate of drug-likeness (QED) is 0.192. The molecule has 1 fully saturated rings. The van der Waals surface area contributed by atoms with Crippen LogP contribution < -0.4 is 14.4 Å². The highest BCUT2D eigenvalue weighted by Gasteiger charge is 2.35. The normalized spacial score (nSPS) is 14.6. The third kappa shape index (κ3) is 6.54. The number of halogens is 1. The number of pyridine rings is 1. The fourth-order valence-electron chi connectivity index (χ4n) is 4.62. The van der Waals surface area contributed by atoms with Crippen molar-refractivity contribution >= 4 is 34.8 Å². The summed E-state index contributed by atoms with van der Waals surface area (Å²) in [4.78, 5) is 11.8. The van der Waals surface area contributed by atoms with Crippen molar-refractivity contribution < 1.29 is 9.13 Å². The molecule has 2 aromatic carbocycles. The second-order valence-electron chi connectivity index (χ2n) is 10.3. The number of nitrogens with zero attached hydrogens (tertiary/aromatic N) is 4. The van der Waals surface area contributed by atoms with E-state index in [0.717, 1.165) is 52.2 Å². The van der Waals surface area contributed by atoms with E-state index in [9.17, 15) is 4.39 Å². The summed E-state index contributed by atoms with van der Waals surface area (Å²) in [7, 11) is 1.67. The lowest BCUT2D eigenvalue weighted by Gasteiger charge is -2.48. The van der Waals surface area contributed by atoms with Gasteiger partial charge in [0.1, 0.15) is 22.4 Å². The highest BCUT2D eigenvalue weighted by molar-refractivity contribution is 8.00. The zero-order chi connectivity index (χ0) is 27.4. The molecular formula is C30H34FN5OS2. The molecule has 0 saturated carbocycles. The number of likely N-dealkylation sites (tertiary alicyclic amines) is 1. The van der Waals surface area contributed by atoms with Gasteiger partial charge in [-0.3, -0.25) is 9.21 Å². The first kappa shape index (κ1) is 27.4. The van der Waals surface area contributed by atoms with Gasteiger partial charge in [0.15, 0.2) is 0 Å². The summed E-state index contributed by atoms with van der Waals surface area (Å²) in [5.41, 5.74) is 6.66. The first-order valence-corrected chi connectivity index (χ1v) is 14.7. The molecule has 5 rings (SSSR count). The molecule has 3 heterocycles. The molecule has 0 unspecified atom stereocenters. The molecule has 39 heavy (non-hydrogen) atoms. The number of hydrogen-bond donors (Lipinski definition) is 1. The van der Waals surface area contributed by atoms with E-state index in [1.54, 1.807) is 42.5 Å². The van der Waals surface area contributed by atoms with Crippen molar-refractivity contribution in [1.82, 2.24) is 14.9 Å². The number of benzene rings is 2. The van der Waals surface area contributed by atoms with Crippen LogP contribution in [0.1, 0.15) is 42.7 Å². The lowest BCUT2D eigenvalue weighted by atomic mass is 9.88. The van der Waals surface area contributed by atoms with Gasteiger partial charge in [-0.15, -0.1) is 11.3 Å². The predicted molar refractivity (Wildman–Crippen MR) is 159 cm³/mol.